The van der Waals surface area contributed by atoms with E-state index in [2.05, 4.69) is 0 Å². The predicted octanol–water partition coefficient (Wildman–Crippen LogP) is 3.93. The molecule has 2 aromatic carbocycles. The van der Waals surface area contributed by atoms with E-state index in [1.54, 1.807) is 24.3 Å². The number of benzene rings is 2. The van der Waals surface area contributed by atoms with Crippen LogP contribution in [0, 0.1) is 5.82 Å². The number of phenols is 1. The van der Waals surface area contributed by atoms with Gasteiger partial charge in [-0.2, -0.15) is 0 Å². The molecule has 114 valence electrons. The molecule has 1 N–H and O–H groups in total. The molecule has 1 heterocycles. The van der Waals surface area contributed by atoms with E-state index >= 15 is 0 Å². The number of carbonyl (C=O) groups excluding carboxylic acids is 1. The molecular weight excluding hydrogens is 285 g/mol. The second-order valence-corrected chi connectivity index (χ2v) is 5.24. The molecule has 1 aliphatic heterocycles. The molecule has 1 atom stereocenters. The maximum atomic E-state index is 14.4. The lowest BCUT2D eigenvalue weighted by Gasteiger charge is -2.14. The van der Waals surface area contributed by atoms with Gasteiger partial charge in [0.25, 0.3) is 0 Å². The molecule has 1 fully saturated rings. The van der Waals surface area contributed by atoms with E-state index in [4.69, 9.17) is 4.74 Å². The van der Waals surface area contributed by atoms with Crippen LogP contribution >= 0.6 is 0 Å². The van der Waals surface area contributed by atoms with Gasteiger partial charge in [0.2, 0.25) is 0 Å². The Balaban J connectivity index is 1.89. The van der Waals surface area contributed by atoms with Gasteiger partial charge in [0.1, 0.15) is 17.7 Å². The monoisotopic (exact) mass is 301 g/mol. The van der Waals surface area contributed by atoms with Gasteiger partial charge in [0, 0.05) is 5.56 Å². The number of nitrogens with zero attached hydrogens (tertiary/aromatic N) is 1. The van der Waals surface area contributed by atoms with Crippen molar-refractivity contribution in [1.29, 1.82) is 0 Å². The van der Waals surface area contributed by atoms with Crippen molar-refractivity contribution in [2.45, 2.75) is 19.4 Å². The molecule has 1 aliphatic rings. The van der Waals surface area contributed by atoms with Crippen LogP contribution < -0.4 is 4.90 Å². The summed E-state index contributed by atoms with van der Waals surface area (Å²) < 4.78 is 19.5. The Bertz CT molecular complexity index is 700. The Hall–Kier alpha value is -2.56. The molecule has 4 nitrogen and oxygen atoms in total. The van der Waals surface area contributed by atoms with E-state index in [0.29, 0.717) is 23.4 Å². The summed E-state index contributed by atoms with van der Waals surface area (Å²) in [5, 5.41) is 9.29. The van der Waals surface area contributed by atoms with Crippen molar-refractivity contribution in [2.24, 2.45) is 0 Å². The number of amides is 1. The fourth-order valence-electron chi connectivity index (χ4n) is 2.49. The summed E-state index contributed by atoms with van der Waals surface area (Å²) in [7, 11) is 0. The van der Waals surface area contributed by atoms with E-state index < -0.39 is 11.9 Å². The number of carbonyl (C=O) groups is 1. The largest absolute Gasteiger partial charge is 0.508 e. The third-order valence-electron chi connectivity index (χ3n) is 3.77. The van der Waals surface area contributed by atoms with Crippen LogP contribution in [0.25, 0.3) is 11.1 Å². The lowest BCUT2D eigenvalue weighted by atomic mass is 10.0. The second-order valence-electron chi connectivity index (χ2n) is 5.24. The second kappa shape index (κ2) is 5.67. The van der Waals surface area contributed by atoms with Crippen LogP contribution in [0.5, 0.6) is 5.75 Å². The number of cyclic esters (lactones) is 1. The number of anilines is 1. The summed E-state index contributed by atoms with van der Waals surface area (Å²) in [6, 6.07) is 11.0. The number of aromatic hydroxyl groups is 1. The number of hydrogen-bond acceptors (Lipinski definition) is 3. The minimum atomic E-state index is -0.441. The zero-order valence-electron chi connectivity index (χ0n) is 12.1. The molecule has 0 radical (unpaired) electrons. The van der Waals surface area contributed by atoms with Gasteiger partial charge in [-0.1, -0.05) is 19.1 Å². The van der Waals surface area contributed by atoms with E-state index in [0.717, 1.165) is 6.42 Å². The van der Waals surface area contributed by atoms with E-state index in [1.807, 2.05) is 6.92 Å². The molecule has 0 spiro atoms. The molecule has 0 aliphatic carbocycles. The zero-order chi connectivity index (χ0) is 15.7. The van der Waals surface area contributed by atoms with Crippen LogP contribution in [0.15, 0.2) is 42.5 Å². The summed E-state index contributed by atoms with van der Waals surface area (Å²) in [6.07, 6.45) is 0.145. The Morgan fingerprint density at radius 1 is 1.27 bits per heavy atom. The first kappa shape index (κ1) is 14.4. The van der Waals surface area contributed by atoms with Crippen LogP contribution in [0.2, 0.25) is 0 Å². The maximum Gasteiger partial charge on any atom is 0.414 e. The van der Waals surface area contributed by atoms with Crippen molar-refractivity contribution in [3.63, 3.8) is 0 Å². The van der Waals surface area contributed by atoms with Crippen LogP contribution in [0.1, 0.15) is 13.3 Å². The highest BCUT2D eigenvalue weighted by molar-refractivity contribution is 5.90. The van der Waals surface area contributed by atoms with Crippen molar-refractivity contribution in [3.05, 3.63) is 48.3 Å². The van der Waals surface area contributed by atoms with Gasteiger partial charge in [-0.05, 0) is 42.3 Å². The maximum absolute atomic E-state index is 14.4. The number of phenolic OH excluding ortho intramolecular Hbond substituents is 1. The van der Waals surface area contributed by atoms with Gasteiger partial charge >= 0.3 is 6.09 Å². The van der Waals surface area contributed by atoms with Crippen molar-refractivity contribution in [1.82, 2.24) is 0 Å². The van der Waals surface area contributed by atoms with Crippen molar-refractivity contribution < 1.29 is 19.0 Å². The molecule has 0 saturated carbocycles. The fourth-order valence-corrected chi connectivity index (χ4v) is 2.49. The Kier molecular flexibility index (Phi) is 3.71. The number of hydrogen-bond donors (Lipinski definition) is 1. The average molecular weight is 301 g/mol. The molecule has 1 amide bonds. The quantitative estimate of drug-likeness (QED) is 0.934. The molecule has 1 unspecified atom stereocenters. The Morgan fingerprint density at radius 2 is 2.00 bits per heavy atom. The summed E-state index contributed by atoms with van der Waals surface area (Å²) >= 11 is 0. The third kappa shape index (κ3) is 2.62. The van der Waals surface area contributed by atoms with Crippen LogP contribution in [0.3, 0.4) is 0 Å². The lowest BCUT2D eigenvalue weighted by Crippen LogP contribution is -2.24. The van der Waals surface area contributed by atoms with Gasteiger partial charge in [-0.15, -0.1) is 0 Å². The van der Waals surface area contributed by atoms with Crippen LogP contribution in [0.4, 0.5) is 14.9 Å². The molecule has 0 bridgehead atoms. The first-order chi connectivity index (χ1) is 10.6. The van der Waals surface area contributed by atoms with Crippen molar-refractivity contribution in [3.8, 4) is 16.9 Å². The van der Waals surface area contributed by atoms with E-state index in [9.17, 15) is 14.3 Å². The molecule has 22 heavy (non-hydrogen) atoms. The van der Waals surface area contributed by atoms with Crippen molar-refractivity contribution in [2.75, 3.05) is 11.4 Å². The SMILES string of the molecule is CCC1CN(c2ccc(-c3ccc(O)cc3)c(F)c2)C(=O)O1. The van der Waals surface area contributed by atoms with Gasteiger partial charge < -0.3 is 9.84 Å². The predicted molar refractivity (Wildman–Crippen MR) is 81.4 cm³/mol. The standard InChI is InChI=1S/C17H16FNO3/c1-2-14-10-19(17(21)22-14)12-5-8-15(16(18)9-12)11-3-6-13(20)7-4-11/h3-9,14,20H,2,10H2,1H3. The highest BCUT2D eigenvalue weighted by atomic mass is 19.1. The average Bonchev–Trinajstić information content (AvgIpc) is 2.89. The molecule has 2 aromatic rings. The van der Waals surface area contributed by atoms with Crippen LogP contribution in [-0.2, 0) is 4.74 Å². The molecule has 0 aromatic heterocycles. The summed E-state index contributed by atoms with van der Waals surface area (Å²) in [6.45, 7) is 2.38. The number of ether oxygens (including phenoxy) is 1. The molecule has 3 rings (SSSR count). The molecule has 5 heteroatoms. The van der Waals surface area contributed by atoms with Gasteiger partial charge in [0.15, 0.2) is 0 Å². The molecule has 1 saturated heterocycles. The fraction of sp³-hybridized carbons (Fsp3) is 0.235. The number of halogens is 1. The van der Waals surface area contributed by atoms with E-state index in [-0.39, 0.29) is 11.9 Å². The lowest BCUT2D eigenvalue weighted by molar-refractivity contribution is 0.139. The number of rotatable bonds is 3. The minimum absolute atomic E-state index is 0.131. The van der Waals surface area contributed by atoms with Gasteiger partial charge in [0.05, 0.1) is 12.2 Å². The highest BCUT2D eigenvalue weighted by Crippen LogP contribution is 2.30. The van der Waals surface area contributed by atoms with Crippen molar-refractivity contribution >= 4 is 11.8 Å². The Labute approximate surface area is 127 Å². The topological polar surface area (TPSA) is 49.8 Å². The zero-order valence-corrected chi connectivity index (χ0v) is 12.1. The normalized spacial score (nSPS) is 17.6. The smallest absolute Gasteiger partial charge is 0.414 e. The first-order valence-corrected chi connectivity index (χ1v) is 7.15. The summed E-state index contributed by atoms with van der Waals surface area (Å²) in [5.41, 5.74) is 1.57. The third-order valence-corrected chi connectivity index (χ3v) is 3.77. The minimum Gasteiger partial charge on any atom is -0.508 e. The van der Waals surface area contributed by atoms with Crippen LogP contribution in [-0.4, -0.2) is 23.8 Å². The highest BCUT2D eigenvalue weighted by Gasteiger charge is 2.31. The Morgan fingerprint density at radius 3 is 2.59 bits per heavy atom. The van der Waals surface area contributed by atoms with Gasteiger partial charge in [-0.25, -0.2) is 9.18 Å². The van der Waals surface area contributed by atoms with E-state index in [1.165, 1.54) is 23.1 Å². The summed E-state index contributed by atoms with van der Waals surface area (Å²) in [5.74, 6) is -0.290. The molecular formula is C17H16FNO3. The summed E-state index contributed by atoms with van der Waals surface area (Å²) in [4.78, 5) is 13.2. The van der Waals surface area contributed by atoms with Gasteiger partial charge in [-0.3, -0.25) is 4.90 Å². The first-order valence-electron chi connectivity index (χ1n) is 7.15.